The van der Waals surface area contributed by atoms with Crippen LogP contribution in [0.1, 0.15) is 6.92 Å². The molecule has 14 heavy (non-hydrogen) atoms. The molecular weight excluding hydrogens is 228 g/mol. The van der Waals surface area contributed by atoms with Gasteiger partial charge in [0.05, 0.1) is 13.8 Å². The molecule has 0 fully saturated rings. The first kappa shape index (κ1) is 16.0. The molecule has 0 radical (unpaired) electrons. The lowest BCUT2D eigenvalue weighted by atomic mass is 10.3. The Morgan fingerprint density at radius 2 is 2.07 bits per heavy atom. The van der Waals surface area contributed by atoms with Crippen molar-refractivity contribution in [1.29, 1.82) is 0 Å². The third kappa shape index (κ3) is 6.99. The zero-order chi connectivity index (χ0) is 10.3. The van der Waals surface area contributed by atoms with Gasteiger partial charge in [-0.1, -0.05) is 0 Å². The van der Waals surface area contributed by atoms with E-state index in [1.807, 2.05) is 0 Å². The molecule has 0 heterocycles. The molecule has 0 rings (SSSR count). The number of thiol groups is 1. The van der Waals surface area contributed by atoms with Crippen LogP contribution in [0.3, 0.4) is 0 Å². The Hall–Kier alpha value is -0.460. The van der Waals surface area contributed by atoms with E-state index in [0.717, 1.165) is 0 Å². The van der Waals surface area contributed by atoms with Gasteiger partial charge in [-0.15, -0.1) is 12.4 Å². The van der Waals surface area contributed by atoms with Gasteiger partial charge in [-0.05, 0) is 0 Å². The molecule has 2 N–H and O–H groups in total. The van der Waals surface area contributed by atoms with Crippen LogP contribution >= 0.6 is 25.0 Å². The number of carbonyl (C=O) groups is 2. The number of nitrogens with one attached hydrogen (secondary N) is 2. The minimum absolute atomic E-state index is 0. The second kappa shape index (κ2) is 9.11. The van der Waals surface area contributed by atoms with Gasteiger partial charge in [0.15, 0.2) is 0 Å². The fourth-order valence-corrected chi connectivity index (χ4v) is 0.942. The first-order valence-electron chi connectivity index (χ1n) is 3.78. The number of methoxy groups -OCH3 is 1. The summed E-state index contributed by atoms with van der Waals surface area (Å²) in [6.45, 7) is 1.63. The van der Waals surface area contributed by atoms with E-state index in [0.29, 0.717) is 5.75 Å². The lowest BCUT2D eigenvalue weighted by Crippen LogP contribution is -2.44. The van der Waals surface area contributed by atoms with E-state index < -0.39 is 6.04 Å². The Kier molecular flexibility index (Phi) is 10.4. The van der Waals surface area contributed by atoms with Crippen molar-refractivity contribution in [2.75, 3.05) is 19.5 Å². The van der Waals surface area contributed by atoms with Crippen molar-refractivity contribution in [2.45, 2.75) is 13.0 Å². The van der Waals surface area contributed by atoms with Crippen molar-refractivity contribution in [2.24, 2.45) is 0 Å². The number of rotatable bonds is 5. The van der Waals surface area contributed by atoms with Crippen LogP contribution in [-0.4, -0.2) is 37.4 Å². The van der Waals surface area contributed by atoms with E-state index in [1.165, 1.54) is 14.0 Å². The summed E-state index contributed by atoms with van der Waals surface area (Å²) in [6, 6.07) is -0.486. The van der Waals surface area contributed by atoms with Gasteiger partial charge in [0.25, 0.3) is 0 Å². The maximum absolute atomic E-state index is 11.0. The van der Waals surface area contributed by atoms with Crippen molar-refractivity contribution < 1.29 is 14.3 Å². The van der Waals surface area contributed by atoms with Crippen LogP contribution in [0.5, 0.6) is 0 Å². The van der Waals surface area contributed by atoms with Gasteiger partial charge in [-0.25, -0.2) is 0 Å². The third-order valence-electron chi connectivity index (χ3n) is 1.35. The number of halogens is 1. The van der Waals surface area contributed by atoms with E-state index in [2.05, 4.69) is 28.0 Å². The van der Waals surface area contributed by atoms with Crippen molar-refractivity contribution in [1.82, 2.24) is 10.6 Å². The predicted molar refractivity (Wildman–Crippen MR) is 58.7 cm³/mol. The van der Waals surface area contributed by atoms with Gasteiger partial charge in [0, 0.05) is 12.7 Å². The Labute approximate surface area is 94.8 Å². The highest BCUT2D eigenvalue weighted by atomic mass is 35.5. The van der Waals surface area contributed by atoms with Crippen LogP contribution in [0.4, 0.5) is 0 Å². The molecule has 0 spiro atoms. The van der Waals surface area contributed by atoms with Crippen LogP contribution in [0, 0.1) is 0 Å². The van der Waals surface area contributed by atoms with Crippen molar-refractivity contribution >= 4 is 36.9 Å². The van der Waals surface area contributed by atoms with Gasteiger partial charge in [0.1, 0.15) is 6.04 Å². The SMILES string of the molecule is COC(=O)[C@H](CS)NCNC(C)=O.Cl. The molecular formula is C7H15ClN2O3S. The molecule has 0 bridgehead atoms. The topological polar surface area (TPSA) is 67.4 Å². The largest absolute Gasteiger partial charge is 0.468 e. The van der Waals surface area contributed by atoms with Crippen molar-refractivity contribution in [3.8, 4) is 0 Å². The van der Waals surface area contributed by atoms with Gasteiger partial charge < -0.3 is 10.1 Å². The molecule has 0 aromatic rings. The summed E-state index contributed by atoms with van der Waals surface area (Å²) >= 11 is 3.96. The van der Waals surface area contributed by atoms with Crippen LogP contribution in [0.2, 0.25) is 0 Å². The highest BCUT2D eigenvalue weighted by Crippen LogP contribution is 1.89. The monoisotopic (exact) mass is 242 g/mol. The van der Waals surface area contributed by atoms with E-state index in [1.54, 1.807) is 0 Å². The van der Waals surface area contributed by atoms with Gasteiger partial charge in [-0.3, -0.25) is 14.9 Å². The molecule has 0 saturated carbocycles. The molecule has 0 aliphatic rings. The highest BCUT2D eigenvalue weighted by molar-refractivity contribution is 7.80. The quantitative estimate of drug-likeness (QED) is 0.348. The first-order chi connectivity index (χ1) is 6.11. The summed E-state index contributed by atoms with van der Waals surface area (Å²) in [5, 5.41) is 5.27. The van der Waals surface area contributed by atoms with Crippen molar-refractivity contribution in [3.05, 3.63) is 0 Å². The van der Waals surface area contributed by atoms with E-state index >= 15 is 0 Å². The standard InChI is InChI=1S/C7H14N2O3S.ClH/c1-5(10)8-4-9-6(3-13)7(11)12-2;/h6,9,13H,3-4H2,1-2H3,(H,8,10);1H/t6-;/m0./s1. The van der Waals surface area contributed by atoms with Crippen LogP contribution in [-0.2, 0) is 14.3 Å². The average Bonchev–Trinajstić information content (AvgIpc) is 2.11. The second-order valence-electron chi connectivity index (χ2n) is 2.37. The molecule has 0 aliphatic carbocycles. The first-order valence-corrected chi connectivity index (χ1v) is 4.41. The Balaban J connectivity index is 0. The smallest absolute Gasteiger partial charge is 0.323 e. The summed E-state index contributed by atoms with van der Waals surface area (Å²) in [7, 11) is 1.30. The minimum atomic E-state index is -0.486. The highest BCUT2D eigenvalue weighted by Gasteiger charge is 2.15. The van der Waals surface area contributed by atoms with Crippen LogP contribution in [0.15, 0.2) is 0 Å². The minimum Gasteiger partial charge on any atom is -0.468 e. The normalized spacial score (nSPS) is 11.1. The lowest BCUT2D eigenvalue weighted by Gasteiger charge is -2.13. The second-order valence-corrected chi connectivity index (χ2v) is 2.74. The molecule has 0 saturated heterocycles. The summed E-state index contributed by atoms with van der Waals surface area (Å²) in [4.78, 5) is 21.4. The molecule has 5 nitrogen and oxygen atoms in total. The fourth-order valence-electron chi connectivity index (χ4n) is 0.663. The summed E-state index contributed by atoms with van der Waals surface area (Å²) in [6.07, 6.45) is 0. The number of ether oxygens (including phenoxy) is 1. The van der Waals surface area contributed by atoms with Gasteiger partial charge in [-0.2, -0.15) is 12.6 Å². The predicted octanol–water partition coefficient (Wildman–Crippen LogP) is -0.437. The van der Waals surface area contributed by atoms with E-state index in [9.17, 15) is 9.59 Å². The molecule has 1 atom stereocenters. The Bertz CT molecular complexity index is 192. The van der Waals surface area contributed by atoms with Gasteiger partial charge >= 0.3 is 5.97 Å². The molecule has 84 valence electrons. The Morgan fingerprint density at radius 1 is 1.50 bits per heavy atom. The van der Waals surface area contributed by atoms with Gasteiger partial charge in [0.2, 0.25) is 5.91 Å². The molecule has 7 heteroatoms. The number of amides is 1. The zero-order valence-electron chi connectivity index (χ0n) is 8.07. The third-order valence-corrected chi connectivity index (χ3v) is 1.72. The summed E-state index contributed by atoms with van der Waals surface area (Å²) in [5.74, 6) is -0.220. The summed E-state index contributed by atoms with van der Waals surface area (Å²) < 4.78 is 4.50. The van der Waals surface area contributed by atoms with E-state index in [4.69, 9.17) is 0 Å². The number of esters is 1. The number of hydrogen-bond donors (Lipinski definition) is 3. The summed E-state index contributed by atoms with van der Waals surface area (Å²) in [5.41, 5.74) is 0. The lowest BCUT2D eigenvalue weighted by molar-refractivity contribution is -0.142. The zero-order valence-corrected chi connectivity index (χ0v) is 9.78. The maximum atomic E-state index is 11.0. The van der Waals surface area contributed by atoms with Crippen LogP contribution < -0.4 is 10.6 Å². The molecule has 0 aromatic carbocycles. The van der Waals surface area contributed by atoms with Crippen LogP contribution in [0.25, 0.3) is 0 Å². The molecule has 0 aliphatic heterocycles. The van der Waals surface area contributed by atoms with E-state index in [-0.39, 0.29) is 31.0 Å². The Morgan fingerprint density at radius 3 is 2.43 bits per heavy atom. The number of carbonyl (C=O) groups excluding carboxylic acids is 2. The van der Waals surface area contributed by atoms with Crippen molar-refractivity contribution in [3.63, 3.8) is 0 Å². The average molecular weight is 243 g/mol. The molecule has 0 unspecified atom stereocenters. The number of hydrogen-bond acceptors (Lipinski definition) is 5. The molecule has 0 aromatic heterocycles. The fraction of sp³-hybridized carbons (Fsp3) is 0.714. The maximum Gasteiger partial charge on any atom is 0.323 e. The molecule has 1 amide bonds.